The van der Waals surface area contributed by atoms with E-state index in [1.54, 1.807) is 18.4 Å². The molecule has 3 aromatic carbocycles. The number of fused-ring (bicyclic) bond motifs is 1. The van der Waals surface area contributed by atoms with Crippen molar-refractivity contribution >= 4 is 33.1 Å². The number of anilines is 1. The molecule has 0 spiro atoms. The number of aromatic nitrogens is 1. The number of nitrogens with zero attached hydrogens (tertiary/aromatic N) is 1. The fraction of sp³-hybridized carbons (Fsp3) is 0.0909. The minimum Gasteiger partial charge on any atom is -0.496 e. The standard InChI is InChI=1S/C22H18N2O2S/c1-26-19-11-4-2-7-15(19)14-21(25)23-17-9-6-8-16(13-17)22-24-18-10-3-5-12-20(18)27-22/h2-13H,14H2,1H3,(H,23,25). The number of carbonyl (C=O) groups is 1. The Balaban J connectivity index is 1.53. The highest BCUT2D eigenvalue weighted by Crippen LogP contribution is 2.31. The van der Waals surface area contributed by atoms with Crippen molar-refractivity contribution in [1.82, 2.24) is 4.98 Å². The summed E-state index contributed by atoms with van der Waals surface area (Å²) in [5.41, 5.74) is 3.60. The van der Waals surface area contributed by atoms with Crippen LogP contribution in [0.25, 0.3) is 20.8 Å². The van der Waals surface area contributed by atoms with Crippen LogP contribution in [0.5, 0.6) is 5.75 Å². The molecular weight excluding hydrogens is 356 g/mol. The number of hydrogen-bond acceptors (Lipinski definition) is 4. The van der Waals surface area contributed by atoms with E-state index in [2.05, 4.69) is 16.4 Å². The van der Waals surface area contributed by atoms with Gasteiger partial charge in [0.05, 0.1) is 23.7 Å². The van der Waals surface area contributed by atoms with Crippen molar-refractivity contribution in [2.45, 2.75) is 6.42 Å². The van der Waals surface area contributed by atoms with Crippen LogP contribution >= 0.6 is 11.3 Å². The Kier molecular flexibility index (Phi) is 4.85. The zero-order chi connectivity index (χ0) is 18.6. The van der Waals surface area contributed by atoms with Gasteiger partial charge in [-0.05, 0) is 30.3 Å². The first kappa shape index (κ1) is 17.2. The molecule has 4 rings (SSSR count). The van der Waals surface area contributed by atoms with Gasteiger partial charge in [-0.2, -0.15) is 0 Å². The lowest BCUT2D eigenvalue weighted by Crippen LogP contribution is -2.14. The van der Waals surface area contributed by atoms with Gasteiger partial charge in [0.2, 0.25) is 5.91 Å². The van der Waals surface area contributed by atoms with E-state index in [1.165, 1.54) is 0 Å². The van der Waals surface area contributed by atoms with Crippen molar-refractivity contribution in [3.63, 3.8) is 0 Å². The summed E-state index contributed by atoms with van der Waals surface area (Å²) in [6, 6.07) is 23.4. The lowest BCUT2D eigenvalue weighted by Gasteiger charge is -2.09. The zero-order valence-corrected chi connectivity index (χ0v) is 15.6. The number of thiazole rings is 1. The van der Waals surface area contributed by atoms with Crippen LogP contribution in [0.4, 0.5) is 5.69 Å². The predicted octanol–water partition coefficient (Wildman–Crippen LogP) is 5.15. The number of rotatable bonds is 5. The molecule has 5 heteroatoms. The van der Waals surface area contributed by atoms with Gasteiger partial charge in [0.25, 0.3) is 0 Å². The number of carbonyl (C=O) groups excluding carboxylic acids is 1. The van der Waals surface area contributed by atoms with Crippen LogP contribution in [-0.4, -0.2) is 18.0 Å². The fourth-order valence-corrected chi connectivity index (χ4v) is 3.91. The summed E-state index contributed by atoms with van der Waals surface area (Å²) >= 11 is 1.65. The molecule has 1 aromatic heterocycles. The molecule has 134 valence electrons. The first-order valence-corrected chi connectivity index (χ1v) is 9.42. The van der Waals surface area contributed by atoms with Crippen molar-refractivity contribution in [2.24, 2.45) is 0 Å². The van der Waals surface area contributed by atoms with Crippen molar-refractivity contribution in [1.29, 1.82) is 0 Å². The minimum absolute atomic E-state index is 0.0825. The maximum atomic E-state index is 12.5. The summed E-state index contributed by atoms with van der Waals surface area (Å²) in [6.45, 7) is 0. The van der Waals surface area contributed by atoms with Crippen LogP contribution in [0, 0.1) is 0 Å². The second kappa shape index (κ2) is 7.60. The van der Waals surface area contributed by atoms with Gasteiger partial charge in [0.1, 0.15) is 10.8 Å². The molecule has 0 bridgehead atoms. The van der Waals surface area contributed by atoms with E-state index in [0.29, 0.717) is 0 Å². The monoisotopic (exact) mass is 374 g/mol. The highest BCUT2D eigenvalue weighted by molar-refractivity contribution is 7.21. The van der Waals surface area contributed by atoms with Crippen molar-refractivity contribution in [3.05, 3.63) is 78.4 Å². The van der Waals surface area contributed by atoms with E-state index in [-0.39, 0.29) is 12.3 Å². The van der Waals surface area contributed by atoms with Crippen LogP contribution < -0.4 is 10.1 Å². The summed E-state index contributed by atoms with van der Waals surface area (Å²) in [6.07, 6.45) is 0.259. The Labute approximate surface area is 161 Å². The molecular formula is C22H18N2O2S. The number of benzene rings is 3. The molecule has 0 aliphatic carbocycles. The number of nitrogens with one attached hydrogen (secondary N) is 1. The SMILES string of the molecule is COc1ccccc1CC(=O)Nc1cccc(-c2nc3ccccc3s2)c1. The molecule has 1 heterocycles. The van der Waals surface area contributed by atoms with E-state index < -0.39 is 0 Å². The number of methoxy groups -OCH3 is 1. The molecule has 4 nitrogen and oxygen atoms in total. The van der Waals surface area contributed by atoms with Gasteiger partial charge in [0, 0.05) is 16.8 Å². The van der Waals surface area contributed by atoms with Crippen molar-refractivity contribution in [3.8, 4) is 16.3 Å². The number of para-hydroxylation sites is 2. The van der Waals surface area contributed by atoms with Gasteiger partial charge in [0.15, 0.2) is 0 Å². The quantitative estimate of drug-likeness (QED) is 0.525. The molecule has 1 amide bonds. The zero-order valence-electron chi connectivity index (χ0n) is 14.8. The Morgan fingerprint density at radius 1 is 1.04 bits per heavy atom. The van der Waals surface area contributed by atoms with Gasteiger partial charge in [-0.3, -0.25) is 4.79 Å². The minimum atomic E-state index is -0.0825. The molecule has 0 saturated carbocycles. The third-order valence-corrected chi connectivity index (χ3v) is 5.32. The number of amides is 1. The average molecular weight is 374 g/mol. The first-order valence-electron chi connectivity index (χ1n) is 8.61. The summed E-state index contributed by atoms with van der Waals surface area (Å²) in [5.74, 6) is 0.636. The molecule has 0 saturated heterocycles. The van der Waals surface area contributed by atoms with Crippen LogP contribution in [0.15, 0.2) is 72.8 Å². The largest absolute Gasteiger partial charge is 0.496 e. The molecule has 0 atom stereocenters. The number of hydrogen-bond donors (Lipinski definition) is 1. The smallest absolute Gasteiger partial charge is 0.228 e. The molecule has 0 radical (unpaired) electrons. The summed E-state index contributed by atoms with van der Waals surface area (Å²) in [7, 11) is 1.61. The van der Waals surface area contributed by atoms with E-state index in [1.807, 2.05) is 66.7 Å². The maximum Gasteiger partial charge on any atom is 0.228 e. The second-order valence-electron chi connectivity index (χ2n) is 6.10. The van der Waals surface area contributed by atoms with Crippen LogP contribution in [-0.2, 0) is 11.2 Å². The lowest BCUT2D eigenvalue weighted by molar-refractivity contribution is -0.115. The average Bonchev–Trinajstić information content (AvgIpc) is 3.13. The van der Waals surface area contributed by atoms with Gasteiger partial charge in [-0.25, -0.2) is 4.98 Å². The van der Waals surface area contributed by atoms with Crippen LogP contribution in [0.3, 0.4) is 0 Å². The highest BCUT2D eigenvalue weighted by Gasteiger charge is 2.10. The summed E-state index contributed by atoms with van der Waals surface area (Å²) in [4.78, 5) is 17.1. The number of ether oxygens (including phenoxy) is 1. The Morgan fingerprint density at radius 2 is 1.85 bits per heavy atom. The third-order valence-electron chi connectivity index (χ3n) is 4.23. The molecule has 0 aliphatic rings. The van der Waals surface area contributed by atoms with Crippen LogP contribution in [0.1, 0.15) is 5.56 Å². The lowest BCUT2D eigenvalue weighted by atomic mass is 10.1. The summed E-state index contributed by atoms with van der Waals surface area (Å²) < 4.78 is 6.47. The molecule has 0 aliphatic heterocycles. The Hall–Kier alpha value is -3.18. The molecule has 1 N–H and O–H groups in total. The van der Waals surface area contributed by atoms with Crippen molar-refractivity contribution < 1.29 is 9.53 Å². The van der Waals surface area contributed by atoms with E-state index in [0.717, 1.165) is 37.8 Å². The van der Waals surface area contributed by atoms with Gasteiger partial charge in [-0.15, -0.1) is 11.3 Å². The third kappa shape index (κ3) is 3.83. The van der Waals surface area contributed by atoms with Gasteiger partial charge >= 0.3 is 0 Å². The topological polar surface area (TPSA) is 51.2 Å². The van der Waals surface area contributed by atoms with Gasteiger partial charge < -0.3 is 10.1 Å². The van der Waals surface area contributed by atoms with E-state index in [9.17, 15) is 4.79 Å². The molecule has 0 unspecified atom stereocenters. The molecule has 0 fully saturated rings. The van der Waals surface area contributed by atoms with Crippen molar-refractivity contribution in [2.75, 3.05) is 12.4 Å². The predicted molar refractivity (Wildman–Crippen MR) is 110 cm³/mol. The maximum absolute atomic E-state index is 12.5. The summed E-state index contributed by atoms with van der Waals surface area (Å²) in [5, 5.41) is 3.91. The molecule has 4 aromatic rings. The Morgan fingerprint density at radius 3 is 2.70 bits per heavy atom. The molecule has 27 heavy (non-hydrogen) atoms. The van der Waals surface area contributed by atoms with Gasteiger partial charge in [-0.1, -0.05) is 42.5 Å². The highest BCUT2D eigenvalue weighted by atomic mass is 32.1. The van der Waals surface area contributed by atoms with E-state index in [4.69, 9.17) is 4.74 Å². The Bertz CT molecular complexity index is 1070. The van der Waals surface area contributed by atoms with Crippen LogP contribution in [0.2, 0.25) is 0 Å². The van der Waals surface area contributed by atoms with E-state index >= 15 is 0 Å². The fourth-order valence-electron chi connectivity index (χ4n) is 2.95. The first-order chi connectivity index (χ1) is 13.2. The second-order valence-corrected chi connectivity index (χ2v) is 7.13. The normalized spacial score (nSPS) is 10.7.